The number of allylic oxidation sites excluding steroid dienone is 1. The zero-order valence-corrected chi connectivity index (χ0v) is 17.3. The van der Waals surface area contributed by atoms with Crippen LogP contribution in [0.1, 0.15) is 24.1 Å². The van der Waals surface area contributed by atoms with Crippen LogP contribution in [-0.4, -0.2) is 34.9 Å². The first-order valence-corrected chi connectivity index (χ1v) is 9.49. The number of methoxy groups -OCH3 is 2. The number of anilines is 2. The van der Waals surface area contributed by atoms with Gasteiger partial charge in [-0.3, -0.25) is 4.79 Å². The van der Waals surface area contributed by atoms with Crippen LogP contribution >= 0.6 is 0 Å². The van der Waals surface area contributed by atoms with E-state index in [1.54, 1.807) is 37.1 Å². The number of aryl methyl sites for hydroxylation is 1. The van der Waals surface area contributed by atoms with Crippen LogP contribution in [0.2, 0.25) is 0 Å². The molecule has 0 bridgehead atoms. The summed E-state index contributed by atoms with van der Waals surface area (Å²) < 4.78 is 12.4. The average molecular weight is 405 g/mol. The zero-order valence-electron chi connectivity index (χ0n) is 17.3. The molecule has 0 saturated carbocycles. The first-order chi connectivity index (χ1) is 14.5. The van der Waals surface area contributed by atoms with Crippen LogP contribution in [0.5, 0.6) is 11.5 Å². The first-order valence-electron chi connectivity index (χ1n) is 9.49. The Morgan fingerprint density at radius 2 is 1.87 bits per heavy atom. The third-order valence-corrected chi connectivity index (χ3v) is 5.09. The molecule has 3 aromatic rings. The fraction of sp³-hybridized carbons (Fsp3) is 0.227. The summed E-state index contributed by atoms with van der Waals surface area (Å²) in [4.78, 5) is 17.7. The van der Waals surface area contributed by atoms with Crippen molar-refractivity contribution in [3.05, 3.63) is 71.2 Å². The highest BCUT2D eigenvalue weighted by Gasteiger charge is 2.33. The van der Waals surface area contributed by atoms with Crippen molar-refractivity contribution >= 4 is 17.5 Å². The average Bonchev–Trinajstić information content (AvgIpc) is 3.21. The standard InChI is InChI=1S/C22H23N5O3/c1-13-5-7-15(8-6-13)20-19(14(2)25-22-23-12-24-27(20)22)21(28)26-17-10-9-16(29-3)11-18(17)30-4/h5-12,20H,1-4H3,(H,26,28)(H,23,24,25)/t20-/m1/s1. The van der Waals surface area contributed by atoms with Crippen LogP contribution < -0.4 is 20.1 Å². The van der Waals surface area contributed by atoms with Crippen LogP contribution in [0.15, 0.2) is 60.1 Å². The Morgan fingerprint density at radius 3 is 2.57 bits per heavy atom. The van der Waals surface area contributed by atoms with E-state index in [-0.39, 0.29) is 5.91 Å². The van der Waals surface area contributed by atoms with Gasteiger partial charge in [-0.15, -0.1) is 0 Å². The SMILES string of the molecule is COc1ccc(NC(=O)C2=C(C)Nc3ncnn3[C@@H]2c2ccc(C)cc2)c(OC)c1. The highest BCUT2D eigenvalue weighted by atomic mass is 16.5. The molecule has 2 aromatic carbocycles. The van der Waals surface area contributed by atoms with E-state index < -0.39 is 6.04 Å². The van der Waals surface area contributed by atoms with E-state index in [0.29, 0.717) is 34.4 Å². The topological polar surface area (TPSA) is 90.3 Å². The zero-order chi connectivity index (χ0) is 21.3. The molecule has 0 aliphatic carbocycles. The predicted octanol–water partition coefficient (Wildman–Crippen LogP) is 3.53. The number of rotatable bonds is 5. The van der Waals surface area contributed by atoms with Gasteiger partial charge in [0.1, 0.15) is 23.9 Å². The molecule has 0 spiro atoms. The molecule has 1 aromatic heterocycles. The number of nitrogens with one attached hydrogen (secondary N) is 2. The van der Waals surface area contributed by atoms with Crippen molar-refractivity contribution in [3.8, 4) is 11.5 Å². The molecule has 2 heterocycles. The Hall–Kier alpha value is -3.81. The lowest BCUT2D eigenvalue weighted by Gasteiger charge is -2.29. The molecule has 0 unspecified atom stereocenters. The quantitative estimate of drug-likeness (QED) is 0.675. The number of hydrogen-bond acceptors (Lipinski definition) is 6. The number of nitrogens with zero attached hydrogens (tertiary/aromatic N) is 3. The molecule has 1 atom stereocenters. The van der Waals surface area contributed by atoms with Crippen molar-refractivity contribution in [2.45, 2.75) is 19.9 Å². The minimum atomic E-state index is -0.409. The lowest BCUT2D eigenvalue weighted by atomic mass is 9.94. The Balaban J connectivity index is 1.74. The molecule has 154 valence electrons. The molecular weight excluding hydrogens is 382 g/mol. The van der Waals surface area contributed by atoms with E-state index in [4.69, 9.17) is 9.47 Å². The monoisotopic (exact) mass is 405 g/mol. The third kappa shape index (κ3) is 3.47. The number of hydrogen-bond donors (Lipinski definition) is 2. The van der Waals surface area contributed by atoms with Crippen LogP contribution in [0.4, 0.5) is 11.6 Å². The normalized spacial score (nSPS) is 15.3. The summed E-state index contributed by atoms with van der Waals surface area (Å²) in [6, 6.07) is 12.9. The van der Waals surface area contributed by atoms with Crippen LogP contribution in [0.25, 0.3) is 0 Å². The predicted molar refractivity (Wildman–Crippen MR) is 114 cm³/mol. The molecular formula is C22H23N5O3. The highest BCUT2D eigenvalue weighted by molar-refractivity contribution is 6.06. The van der Waals surface area contributed by atoms with Gasteiger partial charge in [0.05, 0.1) is 25.5 Å². The Morgan fingerprint density at radius 1 is 1.10 bits per heavy atom. The smallest absolute Gasteiger partial charge is 0.255 e. The van der Waals surface area contributed by atoms with E-state index in [0.717, 1.165) is 11.1 Å². The summed E-state index contributed by atoms with van der Waals surface area (Å²) in [6.45, 7) is 3.89. The molecule has 1 amide bonds. The first kappa shape index (κ1) is 19.5. The molecule has 30 heavy (non-hydrogen) atoms. The summed E-state index contributed by atoms with van der Waals surface area (Å²) in [5.74, 6) is 1.49. The van der Waals surface area contributed by atoms with Gasteiger partial charge in [0.25, 0.3) is 5.91 Å². The summed E-state index contributed by atoms with van der Waals surface area (Å²) in [7, 11) is 3.13. The molecule has 0 saturated heterocycles. The summed E-state index contributed by atoms with van der Waals surface area (Å²) in [5, 5.41) is 10.5. The summed E-state index contributed by atoms with van der Waals surface area (Å²) in [5.41, 5.74) is 3.90. The number of aromatic nitrogens is 3. The van der Waals surface area contributed by atoms with Crippen molar-refractivity contribution in [3.63, 3.8) is 0 Å². The number of ether oxygens (including phenoxy) is 2. The number of fused-ring (bicyclic) bond motifs is 1. The summed E-state index contributed by atoms with van der Waals surface area (Å²) >= 11 is 0. The number of carbonyl (C=O) groups excluding carboxylic acids is 1. The van der Waals surface area contributed by atoms with Gasteiger partial charge in [-0.25, -0.2) is 4.68 Å². The number of amides is 1. The minimum Gasteiger partial charge on any atom is -0.497 e. The van der Waals surface area contributed by atoms with Gasteiger partial charge >= 0.3 is 0 Å². The molecule has 8 heteroatoms. The van der Waals surface area contributed by atoms with Crippen molar-refractivity contribution in [1.29, 1.82) is 0 Å². The van der Waals surface area contributed by atoms with Crippen LogP contribution in [0, 0.1) is 6.92 Å². The largest absolute Gasteiger partial charge is 0.497 e. The lowest BCUT2D eigenvalue weighted by molar-refractivity contribution is -0.113. The highest BCUT2D eigenvalue weighted by Crippen LogP contribution is 2.36. The molecule has 1 aliphatic heterocycles. The maximum atomic E-state index is 13.4. The lowest BCUT2D eigenvalue weighted by Crippen LogP contribution is -2.31. The second-order valence-corrected chi connectivity index (χ2v) is 7.03. The Bertz CT molecular complexity index is 1120. The van der Waals surface area contributed by atoms with E-state index >= 15 is 0 Å². The fourth-order valence-electron chi connectivity index (χ4n) is 3.53. The molecule has 8 nitrogen and oxygen atoms in total. The van der Waals surface area contributed by atoms with Crippen molar-refractivity contribution in [2.24, 2.45) is 0 Å². The van der Waals surface area contributed by atoms with Crippen molar-refractivity contribution in [1.82, 2.24) is 14.8 Å². The van der Waals surface area contributed by atoms with Gasteiger partial charge in [-0.2, -0.15) is 10.1 Å². The van der Waals surface area contributed by atoms with Gasteiger partial charge < -0.3 is 20.1 Å². The van der Waals surface area contributed by atoms with Crippen molar-refractivity contribution in [2.75, 3.05) is 24.9 Å². The number of carbonyl (C=O) groups is 1. The number of benzene rings is 2. The molecule has 0 fully saturated rings. The van der Waals surface area contributed by atoms with Crippen LogP contribution in [0.3, 0.4) is 0 Å². The molecule has 0 radical (unpaired) electrons. The van der Waals surface area contributed by atoms with E-state index in [9.17, 15) is 4.79 Å². The van der Waals surface area contributed by atoms with E-state index in [2.05, 4.69) is 20.7 Å². The van der Waals surface area contributed by atoms with Crippen LogP contribution in [-0.2, 0) is 4.79 Å². The van der Waals surface area contributed by atoms with Gasteiger partial charge in [0.15, 0.2) is 0 Å². The Kier molecular flexibility index (Phi) is 5.14. The van der Waals surface area contributed by atoms with Gasteiger partial charge in [0.2, 0.25) is 5.95 Å². The summed E-state index contributed by atoms with van der Waals surface area (Å²) in [6.07, 6.45) is 1.48. The molecule has 4 rings (SSSR count). The second-order valence-electron chi connectivity index (χ2n) is 7.03. The van der Waals surface area contributed by atoms with E-state index in [1.807, 2.05) is 38.1 Å². The minimum absolute atomic E-state index is 0.254. The fourth-order valence-corrected chi connectivity index (χ4v) is 3.53. The molecule has 1 aliphatic rings. The maximum absolute atomic E-state index is 13.4. The maximum Gasteiger partial charge on any atom is 0.255 e. The van der Waals surface area contributed by atoms with Gasteiger partial charge in [-0.05, 0) is 31.5 Å². The molecule has 2 N–H and O–H groups in total. The van der Waals surface area contributed by atoms with Crippen molar-refractivity contribution < 1.29 is 14.3 Å². The Labute approximate surface area is 174 Å². The van der Waals surface area contributed by atoms with Gasteiger partial charge in [0, 0.05) is 11.8 Å². The van der Waals surface area contributed by atoms with Gasteiger partial charge in [-0.1, -0.05) is 29.8 Å². The third-order valence-electron chi connectivity index (χ3n) is 5.09. The van der Waals surface area contributed by atoms with E-state index in [1.165, 1.54) is 6.33 Å². The second kappa shape index (κ2) is 7.90.